The quantitative estimate of drug-likeness (QED) is 0.861. The standard InChI is InChI=1S/C20H30N2O3/c1-5-21(13-18(23)16-10-8-15(4)9-11-16)20(25)17-7-6-12-22(17)19(24)14(2)3/h8-11,14,17-18,23H,5-7,12-13H2,1-4H3. The summed E-state index contributed by atoms with van der Waals surface area (Å²) in [6.07, 6.45) is 0.835. The molecule has 2 atom stereocenters. The Kier molecular flexibility index (Phi) is 6.59. The van der Waals surface area contributed by atoms with Crippen molar-refractivity contribution >= 4 is 11.8 Å². The topological polar surface area (TPSA) is 60.9 Å². The van der Waals surface area contributed by atoms with E-state index in [1.807, 2.05) is 52.0 Å². The number of aryl methyl sites for hydroxylation is 1. The van der Waals surface area contributed by atoms with Gasteiger partial charge in [-0.1, -0.05) is 43.7 Å². The van der Waals surface area contributed by atoms with Crippen LogP contribution in [0.4, 0.5) is 0 Å². The van der Waals surface area contributed by atoms with E-state index in [9.17, 15) is 14.7 Å². The summed E-state index contributed by atoms with van der Waals surface area (Å²) in [5.41, 5.74) is 1.94. The molecular weight excluding hydrogens is 316 g/mol. The molecule has 25 heavy (non-hydrogen) atoms. The summed E-state index contributed by atoms with van der Waals surface area (Å²) in [6, 6.07) is 7.30. The van der Waals surface area contributed by atoms with E-state index >= 15 is 0 Å². The Labute approximate surface area is 150 Å². The minimum absolute atomic E-state index is 0.0333. The molecule has 5 nitrogen and oxygen atoms in total. The summed E-state index contributed by atoms with van der Waals surface area (Å²) < 4.78 is 0. The van der Waals surface area contributed by atoms with Crippen LogP contribution in [0.2, 0.25) is 0 Å². The van der Waals surface area contributed by atoms with Crippen molar-refractivity contribution in [1.29, 1.82) is 0 Å². The van der Waals surface area contributed by atoms with Gasteiger partial charge >= 0.3 is 0 Å². The number of likely N-dealkylation sites (tertiary alicyclic amines) is 1. The molecule has 1 fully saturated rings. The average molecular weight is 346 g/mol. The lowest BCUT2D eigenvalue weighted by Gasteiger charge is -2.31. The lowest BCUT2D eigenvalue weighted by Crippen LogP contribution is -2.49. The number of aliphatic hydroxyl groups excluding tert-OH is 1. The Balaban J connectivity index is 2.07. The highest BCUT2D eigenvalue weighted by Crippen LogP contribution is 2.23. The molecule has 2 rings (SSSR count). The van der Waals surface area contributed by atoms with Crippen molar-refractivity contribution < 1.29 is 14.7 Å². The molecular formula is C20H30N2O3. The van der Waals surface area contributed by atoms with E-state index in [-0.39, 0.29) is 30.3 Å². The number of carbonyl (C=O) groups is 2. The number of benzene rings is 1. The second-order valence-electron chi connectivity index (χ2n) is 7.15. The number of carbonyl (C=O) groups excluding carboxylic acids is 2. The van der Waals surface area contributed by atoms with Gasteiger partial charge in [-0.3, -0.25) is 9.59 Å². The van der Waals surface area contributed by atoms with Crippen LogP contribution in [0.25, 0.3) is 0 Å². The number of aliphatic hydroxyl groups is 1. The highest BCUT2D eigenvalue weighted by atomic mass is 16.3. The second kappa shape index (κ2) is 8.48. The third-order valence-electron chi connectivity index (χ3n) is 4.86. The highest BCUT2D eigenvalue weighted by molar-refractivity contribution is 5.89. The van der Waals surface area contributed by atoms with Gasteiger partial charge in [0.05, 0.1) is 12.6 Å². The number of amides is 2. The number of hydrogen-bond donors (Lipinski definition) is 1. The molecule has 1 N–H and O–H groups in total. The molecule has 5 heteroatoms. The summed E-state index contributed by atoms with van der Waals surface area (Å²) in [4.78, 5) is 28.7. The van der Waals surface area contributed by atoms with Crippen molar-refractivity contribution in [3.05, 3.63) is 35.4 Å². The third-order valence-corrected chi connectivity index (χ3v) is 4.86. The van der Waals surface area contributed by atoms with Crippen molar-refractivity contribution in [3.63, 3.8) is 0 Å². The number of likely N-dealkylation sites (N-methyl/N-ethyl adjacent to an activating group) is 1. The molecule has 1 aliphatic rings. The molecule has 1 aromatic carbocycles. The molecule has 0 spiro atoms. The number of rotatable bonds is 6. The summed E-state index contributed by atoms with van der Waals surface area (Å²) in [7, 11) is 0. The van der Waals surface area contributed by atoms with Crippen LogP contribution in [0.5, 0.6) is 0 Å². The molecule has 0 bridgehead atoms. The van der Waals surface area contributed by atoms with Gasteiger partial charge in [0, 0.05) is 19.0 Å². The van der Waals surface area contributed by atoms with Gasteiger partial charge in [-0.15, -0.1) is 0 Å². The largest absolute Gasteiger partial charge is 0.387 e. The minimum Gasteiger partial charge on any atom is -0.387 e. The van der Waals surface area contributed by atoms with Crippen molar-refractivity contribution in [2.45, 2.75) is 52.7 Å². The Morgan fingerprint density at radius 2 is 1.92 bits per heavy atom. The summed E-state index contributed by atoms with van der Waals surface area (Å²) in [5.74, 6) is -0.132. The van der Waals surface area contributed by atoms with E-state index in [0.717, 1.165) is 17.5 Å². The average Bonchev–Trinajstić information content (AvgIpc) is 3.08. The van der Waals surface area contributed by atoms with Crippen molar-refractivity contribution in [2.24, 2.45) is 5.92 Å². The van der Waals surface area contributed by atoms with E-state index in [1.54, 1.807) is 9.80 Å². The number of nitrogens with zero attached hydrogens (tertiary/aromatic N) is 2. The third kappa shape index (κ3) is 4.60. The highest BCUT2D eigenvalue weighted by Gasteiger charge is 2.37. The van der Waals surface area contributed by atoms with Crippen molar-refractivity contribution in [1.82, 2.24) is 9.80 Å². The lowest BCUT2D eigenvalue weighted by atomic mass is 10.1. The molecule has 1 saturated heterocycles. The smallest absolute Gasteiger partial charge is 0.245 e. The van der Waals surface area contributed by atoms with Gasteiger partial charge in [0.15, 0.2) is 0 Å². The molecule has 1 heterocycles. The van der Waals surface area contributed by atoms with E-state index in [1.165, 1.54) is 0 Å². The van der Waals surface area contributed by atoms with Crippen LogP contribution in [0.1, 0.15) is 50.8 Å². The first kappa shape index (κ1) is 19.4. The molecule has 0 saturated carbocycles. The van der Waals surface area contributed by atoms with Crippen LogP contribution in [0, 0.1) is 12.8 Å². The molecule has 0 radical (unpaired) electrons. The maximum atomic E-state index is 13.0. The van der Waals surface area contributed by atoms with Gasteiger partial charge in [-0.05, 0) is 32.3 Å². The van der Waals surface area contributed by atoms with Crippen LogP contribution in [-0.4, -0.2) is 52.4 Å². The van der Waals surface area contributed by atoms with Crippen LogP contribution in [-0.2, 0) is 9.59 Å². The van der Waals surface area contributed by atoms with E-state index in [0.29, 0.717) is 19.5 Å². The van der Waals surface area contributed by atoms with Crippen LogP contribution < -0.4 is 0 Å². The Morgan fingerprint density at radius 3 is 2.48 bits per heavy atom. The van der Waals surface area contributed by atoms with Gasteiger partial charge in [-0.25, -0.2) is 0 Å². The fourth-order valence-corrected chi connectivity index (χ4v) is 3.31. The van der Waals surface area contributed by atoms with Gasteiger partial charge < -0.3 is 14.9 Å². The lowest BCUT2D eigenvalue weighted by molar-refractivity contribution is -0.146. The summed E-state index contributed by atoms with van der Waals surface area (Å²) >= 11 is 0. The zero-order chi connectivity index (χ0) is 18.6. The molecule has 1 aromatic rings. The van der Waals surface area contributed by atoms with Gasteiger partial charge in [0.2, 0.25) is 11.8 Å². The van der Waals surface area contributed by atoms with E-state index in [2.05, 4.69) is 0 Å². The maximum Gasteiger partial charge on any atom is 0.245 e. The number of hydrogen-bond acceptors (Lipinski definition) is 3. The minimum atomic E-state index is -0.722. The second-order valence-corrected chi connectivity index (χ2v) is 7.15. The maximum absolute atomic E-state index is 13.0. The molecule has 2 amide bonds. The molecule has 0 aliphatic carbocycles. The first-order chi connectivity index (χ1) is 11.8. The van der Waals surface area contributed by atoms with E-state index < -0.39 is 6.10 Å². The SMILES string of the molecule is CCN(CC(O)c1ccc(C)cc1)C(=O)C1CCCN1C(=O)C(C)C. The van der Waals surface area contributed by atoms with Crippen LogP contribution in [0.15, 0.2) is 24.3 Å². The van der Waals surface area contributed by atoms with E-state index in [4.69, 9.17) is 0 Å². The van der Waals surface area contributed by atoms with Gasteiger partial charge in [0.25, 0.3) is 0 Å². The fourth-order valence-electron chi connectivity index (χ4n) is 3.31. The Bertz CT molecular complexity index is 597. The normalized spacial score (nSPS) is 18.5. The van der Waals surface area contributed by atoms with Gasteiger partial charge in [0.1, 0.15) is 6.04 Å². The molecule has 2 unspecified atom stereocenters. The molecule has 138 valence electrons. The predicted molar refractivity (Wildman–Crippen MR) is 98.0 cm³/mol. The van der Waals surface area contributed by atoms with Crippen molar-refractivity contribution in [2.75, 3.05) is 19.6 Å². The summed E-state index contributed by atoms with van der Waals surface area (Å²) in [5, 5.41) is 10.5. The predicted octanol–water partition coefficient (Wildman–Crippen LogP) is 2.52. The Hall–Kier alpha value is -1.88. The monoisotopic (exact) mass is 346 g/mol. The first-order valence-corrected chi connectivity index (χ1v) is 9.19. The van der Waals surface area contributed by atoms with Crippen LogP contribution in [0.3, 0.4) is 0 Å². The van der Waals surface area contributed by atoms with Gasteiger partial charge in [-0.2, -0.15) is 0 Å². The first-order valence-electron chi connectivity index (χ1n) is 9.19. The van der Waals surface area contributed by atoms with Crippen molar-refractivity contribution in [3.8, 4) is 0 Å². The zero-order valence-corrected chi connectivity index (χ0v) is 15.7. The summed E-state index contributed by atoms with van der Waals surface area (Å²) in [6.45, 7) is 9.04. The zero-order valence-electron chi connectivity index (χ0n) is 15.7. The Morgan fingerprint density at radius 1 is 1.28 bits per heavy atom. The fraction of sp³-hybridized carbons (Fsp3) is 0.600. The molecule has 1 aliphatic heterocycles. The molecule has 0 aromatic heterocycles. The van der Waals surface area contributed by atoms with Crippen LogP contribution >= 0.6 is 0 Å².